The first-order valence-electron chi connectivity index (χ1n) is 6.89. The summed E-state index contributed by atoms with van der Waals surface area (Å²) in [6, 6.07) is 14.1. The Balaban J connectivity index is 1.64. The van der Waals surface area contributed by atoms with Crippen molar-refractivity contribution in [1.29, 1.82) is 0 Å². The first-order valence-corrected chi connectivity index (χ1v) is 8.56. The number of aromatic nitrogens is 1. The number of carbonyl (C=O) groups is 1. The molecule has 0 saturated heterocycles. The van der Waals surface area contributed by atoms with Gasteiger partial charge in [0.25, 0.3) is 5.91 Å². The van der Waals surface area contributed by atoms with Gasteiger partial charge in [-0.05, 0) is 48.5 Å². The minimum atomic E-state index is -0.126. The van der Waals surface area contributed by atoms with Gasteiger partial charge in [-0.1, -0.05) is 15.9 Å². The highest BCUT2D eigenvalue weighted by Crippen LogP contribution is 2.23. The first kappa shape index (κ1) is 15.7. The van der Waals surface area contributed by atoms with E-state index in [4.69, 9.17) is 0 Å². The Morgan fingerprint density at radius 2 is 1.83 bits per heavy atom. The van der Waals surface area contributed by atoms with E-state index in [1.165, 1.54) is 11.3 Å². The fourth-order valence-electron chi connectivity index (χ4n) is 2.02. The molecule has 0 fully saturated rings. The zero-order valence-electron chi connectivity index (χ0n) is 12.0. The highest BCUT2D eigenvalue weighted by atomic mass is 79.9. The molecule has 0 spiro atoms. The lowest BCUT2D eigenvalue weighted by atomic mass is 10.2. The average Bonchev–Trinajstić information content (AvgIpc) is 3.03. The van der Waals surface area contributed by atoms with Crippen LogP contribution in [0.25, 0.3) is 11.3 Å². The predicted octanol–water partition coefficient (Wildman–Crippen LogP) is 4.21. The van der Waals surface area contributed by atoms with Crippen LogP contribution in [-0.2, 0) is 6.54 Å². The van der Waals surface area contributed by atoms with Crippen LogP contribution in [0.1, 0.15) is 15.4 Å². The van der Waals surface area contributed by atoms with Gasteiger partial charge < -0.3 is 10.4 Å². The van der Waals surface area contributed by atoms with E-state index in [0.717, 1.165) is 20.7 Å². The second-order valence-corrected chi connectivity index (χ2v) is 6.72. The maximum atomic E-state index is 12.1. The molecule has 0 aliphatic rings. The van der Waals surface area contributed by atoms with E-state index < -0.39 is 0 Å². The van der Waals surface area contributed by atoms with Gasteiger partial charge in [-0.25, -0.2) is 4.98 Å². The lowest BCUT2D eigenvalue weighted by molar-refractivity contribution is 0.0951. The molecule has 0 unspecified atom stereocenters. The highest BCUT2D eigenvalue weighted by Gasteiger charge is 2.08. The van der Waals surface area contributed by atoms with Crippen molar-refractivity contribution in [3.8, 4) is 17.0 Å². The minimum Gasteiger partial charge on any atom is -0.508 e. The predicted molar refractivity (Wildman–Crippen MR) is 94.5 cm³/mol. The quantitative estimate of drug-likeness (QED) is 0.703. The number of carbonyl (C=O) groups excluding carboxylic acids is 1. The van der Waals surface area contributed by atoms with Gasteiger partial charge in [-0.2, -0.15) is 0 Å². The number of phenolic OH excluding ortho intramolecular Hbond substituents is 1. The van der Waals surface area contributed by atoms with E-state index in [1.807, 2.05) is 29.6 Å². The summed E-state index contributed by atoms with van der Waals surface area (Å²) >= 11 is 4.84. The van der Waals surface area contributed by atoms with E-state index in [2.05, 4.69) is 26.2 Å². The van der Waals surface area contributed by atoms with Crippen LogP contribution >= 0.6 is 27.3 Å². The summed E-state index contributed by atoms with van der Waals surface area (Å²) in [5, 5.41) is 14.9. The number of rotatable bonds is 4. The zero-order chi connectivity index (χ0) is 16.2. The van der Waals surface area contributed by atoms with Crippen LogP contribution in [0.5, 0.6) is 5.75 Å². The van der Waals surface area contributed by atoms with Crippen molar-refractivity contribution in [3.63, 3.8) is 0 Å². The summed E-state index contributed by atoms with van der Waals surface area (Å²) in [5.74, 6) is 0.102. The number of aromatic hydroxyl groups is 1. The molecule has 0 aliphatic carbocycles. The third kappa shape index (κ3) is 3.97. The van der Waals surface area contributed by atoms with E-state index in [9.17, 15) is 9.90 Å². The third-order valence-electron chi connectivity index (χ3n) is 3.22. The summed E-state index contributed by atoms with van der Waals surface area (Å²) in [6.45, 7) is 0.387. The molecule has 0 radical (unpaired) electrons. The number of nitrogens with zero attached hydrogens (tertiary/aromatic N) is 1. The van der Waals surface area contributed by atoms with Crippen molar-refractivity contribution in [2.24, 2.45) is 0 Å². The normalized spacial score (nSPS) is 10.5. The Morgan fingerprint density at radius 1 is 1.13 bits per heavy atom. The van der Waals surface area contributed by atoms with Crippen LogP contribution in [0.3, 0.4) is 0 Å². The number of nitrogens with one attached hydrogen (secondary N) is 1. The van der Waals surface area contributed by atoms with Crippen LogP contribution in [0.2, 0.25) is 0 Å². The number of halogens is 1. The van der Waals surface area contributed by atoms with Gasteiger partial charge in [0.1, 0.15) is 10.8 Å². The van der Waals surface area contributed by atoms with Gasteiger partial charge in [-0.3, -0.25) is 4.79 Å². The molecular formula is C17H13BrN2O2S. The molecule has 3 aromatic rings. The molecule has 1 heterocycles. The van der Waals surface area contributed by atoms with Crippen molar-refractivity contribution in [2.45, 2.75) is 6.54 Å². The van der Waals surface area contributed by atoms with E-state index in [0.29, 0.717) is 12.1 Å². The summed E-state index contributed by atoms with van der Waals surface area (Å²) in [5.41, 5.74) is 2.39. The number of amides is 1. The van der Waals surface area contributed by atoms with Gasteiger partial charge in [0.2, 0.25) is 0 Å². The van der Waals surface area contributed by atoms with Crippen molar-refractivity contribution in [3.05, 3.63) is 69.0 Å². The molecule has 1 amide bonds. The number of thiazole rings is 1. The van der Waals surface area contributed by atoms with Crippen LogP contribution in [0, 0.1) is 0 Å². The van der Waals surface area contributed by atoms with Crippen LogP contribution in [0.4, 0.5) is 0 Å². The second kappa shape index (κ2) is 6.93. The molecular weight excluding hydrogens is 376 g/mol. The molecule has 0 saturated carbocycles. The van der Waals surface area contributed by atoms with Gasteiger partial charge in [-0.15, -0.1) is 11.3 Å². The molecule has 2 N–H and O–H groups in total. The summed E-state index contributed by atoms with van der Waals surface area (Å²) in [7, 11) is 0. The number of benzene rings is 2. The first-order chi connectivity index (χ1) is 11.1. The summed E-state index contributed by atoms with van der Waals surface area (Å²) in [6.07, 6.45) is 0. The Morgan fingerprint density at radius 3 is 2.52 bits per heavy atom. The lowest BCUT2D eigenvalue weighted by Gasteiger charge is -2.03. The summed E-state index contributed by atoms with van der Waals surface area (Å²) in [4.78, 5) is 16.6. The Hall–Kier alpha value is -2.18. The Kier molecular flexibility index (Phi) is 4.73. The molecule has 116 valence electrons. The molecule has 4 nitrogen and oxygen atoms in total. The molecule has 23 heavy (non-hydrogen) atoms. The van der Waals surface area contributed by atoms with Crippen LogP contribution < -0.4 is 5.32 Å². The highest BCUT2D eigenvalue weighted by molar-refractivity contribution is 9.10. The largest absolute Gasteiger partial charge is 0.508 e. The summed E-state index contributed by atoms with van der Waals surface area (Å²) < 4.78 is 0.938. The molecule has 1 aromatic heterocycles. The monoisotopic (exact) mass is 388 g/mol. The molecule has 6 heteroatoms. The SMILES string of the molecule is O=C(NCc1nc(-c2ccc(O)cc2)cs1)c1ccc(Br)cc1. The van der Waals surface area contributed by atoms with Crippen molar-refractivity contribution in [2.75, 3.05) is 0 Å². The van der Waals surface area contributed by atoms with Crippen LogP contribution in [-0.4, -0.2) is 16.0 Å². The van der Waals surface area contributed by atoms with E-state index >= 15 is 0 Å². The van der Waals surface area contributed by atoms with Crippen molar-refractivity contribution in [1.82, 2.24) is 10.3 Å². The molecule has 3 rings (SSSR count). The van der Waals surface area contributed by atoms with Gasteiger partial charge >= 0.3 is 0 Å². The maximum Gasteiger partial charge on any atom is 0.251 e. The minimum absolute atomic E-state index is 0.126. The van der Waals surface area contributed by atoms with E-state index in [-0.39, 0.29) is 11.7 Å². The fraction of sp³-hybridized carbons (Fsp3) is 0.0588. The fourth-order valence-corrected chi connectivity index (χ4v) is 3.02. The number of hydrogen-bond donors (Lipinski definition) is 2. The molecule has 0 atom stereocenters. The smallest absolute Gasteiger partial charge is 0.251 e. The second-order valence-electron chi connectivity index (χ2n) is 4.86. The molecule has 2 aromatic carbocycles. The van der Waals surface area contributed by atoms with Crippen LogP contribution in [0.15, 0.2) is 58.4 Å². The zero-order valence-corrected chi connectivity index (χ0v) is 14.4. The van der Waals surface area contributed by atoms with Gasteiger partial charge in [0, 0.05) is 21.0 Å². The van der Waals surface area contributed by atoms with Gasteiger partial charge in [0.15, 0.2) is 0 Å². The number of phenols is 1. The van der Waals surface area contributed by atoms with Crippen molar-refractivity contribution >= 4 is 33.2 Å². The topological polar surface area (TPSA) is 62.2 Å². The van der Waals surface area contributed by atoms with Gasteiger partial charge in [0.05, 0.1) is 12.2 Å². The lowest BCUT2D eigenvalue weighted by Crippen LogP contribution is -2.22. The average molecular weight is 389 g/mol. The Bertz CT molecular complexity index is 813. The maximum absolute atomic E-state index is 12.1. The van der Waals surface area contributed by atoms with Crippen molar-refractivity contribution < 1.29 is 9.90 Å². The molecule has 0 bridgehead atoms. The Labute approximate surface area is 146 Å². The molecule has 0 aliphatic heterocycles. The third-order valence-corrected chi connectivity index (χ3v) is 4.60. The standard InChI is InChI=1S/C17H13BrN2O2S/c18-13-5-1-12(2-6-13)17(22)19-9-16-20-15(10-23-16)11-3-7-14(21)8-4-11/h1-8,10,21H,9H2,(H,19,22). The number of hydrogen-bond acceptors (Lipinski definition) is 4. The van der Waals surface area contributed by atoms with E-state index in [1.54, 1.807) is 24.3 Å².